The maximum absolute atomic E-state index is 11.2. The molecule has 0 aromatic carbocycles. The Bertz CT molecular complexity index is 242. The Labute approximate surface area is 65.2 Å². The smallest absolute Gasteiger partial charge is 0.266 e. The number of fused-ring (bicyclic) bond motifs is 1. The average Bonchev–Trinajstić information content (AvgIpc) is 2.40. The highest BCUT2D eigenvalue weighted by atomic mass is 16.1. The van der Waals surface area contributed by atoms with Crippen LogP contribution in [0.3, 0.4) is 0 Å². The van der Waals surface area contributed by atoms with Gasteiger partial charge >= 0.3 is 0 Å². The monoisotopic (exact) mass is 150 g/mol. The highest BCUT2D eigenvalue weighted by molar-refractivity contribution is 6.40. The summed E-state index contributed by atoms with van der Waals surface area (Å²) in [6.07, 6.45) is 5.83. The first-order valence-corrected chi connectivity index (χ1v) is 3.90. The van der Waals surface area contributed by atoms with Crippen molar-refractivity contribution in [2.75, 3.05) is 6.54 Å². The normalized spacial score (nSPS) is 28.9. The minimum atomic E-state index is 0.0116. The molecule has 2 aliphatic heterocycles. The Morgan fingerprint density at radius 2 is 2.55 bits per heavy atom. The van der Waals surface area contributed by atoms with Crippen LogP contribution in [0.5, 0.6) is 0 Å². The van der Waals surface area contributed by atoms with Crippen molar-refractivity contribution in [3.63, 3.8) is 0 Å². The molecule has 0 radical (unpaired) electrons. The fourth-order valence-electron chi connectivity index (χ4n) is 1.49. The number of carbonyl (C=O) groups excluding carboxylic acids is 1. The minimum Gasteiger partial charge on any atom is -0.351 e. The maximum Gasteiger partial charge on any atom is 0.266 e. The van der Waals surface area contributed by atoms with Gasteiger partial charge in [-0.1, -0.05) is 6.08 Å². The molecule has 2 aliphatic rings. The molecular weight excluding hydrogens is 140 g/mol. The molecule has 1 atom stereocenters. The summed E-state index contributed by atoms with van der Waals surface area (Å²) in [6.45, 7) is 0.794. The van der Waals surface area contributed by atoms with E-state index in [1.165, 1.54) is 0 Å². The lowest BCUT2D eigenvalue weighted by Crippen LogP contribution is -2.30. The van der Waals surface area contributed by atoms with Crippen LogP contribution in [0.2, 0.25) is 0 Å². The zero-order chi connectivity index (χ0) is 7.68. The number of hydrogen-bond acceptors (Lipinski definition) is 2. The Kier molecular flexibility index (Phi) is 1.49. The molecule has 3 nitrogen and oxygen atoms in total. The molecule has 0 aromatic heterocycles. The van der Waals surface area contributed by atoms with Crippen LogP contribution in [-0.4, -0.2) is 18.2 Å². The number of nitrogens with zero attached hydrogens (tertiary/aromatic N) is 1. The summed E-state index contributed by atoms with van der Waals surface area (Å²) in [4.78, 5) is 15.2. The van der Waals surface area contributed by atoms with E-state index in [4.69, 9.17) is 0 Å². The third kappa shape index (κ3) is 1.06. The number of nitrogens with one attached hydrogen (secondary N) is 1. The van der Waals surface area contributed by atoms with Crippen molar-refractivity contribution in [3.8, 4) is 0 Å². The first-order chi connectivity index (χ1) is 5.38. The molecule has 1 fully saturated rings. The summed E-state index contributed by atoms with van der Waals surface area (Å²) in [5.41, 5.74) is 0.697. The lowest BCUT2D eigenvalue weighted by Gasteiger charge is -2.03. The number of carbonyl (C=O) groups is 1. The second-order valence-corrected chi connectivity index (χ2v) is 2.86. The first kappa shape index (κ1) is 6.58. The van der Waals surface area contributed by atoms with Crippen molar-refractivity contribution >= 4 is 11.6 Å². The molecule has 11 heavy (non-hydrogen) atoms. The number of amides is 1. The maximum atomic E-state index is 11.2. The largest absolute Gasteiger partial charge is 0.351 e. The molecule has 0 aliphatic carbocycles. The van der Waals surface area contributed by atoms with Gasteiger partial charge in [-0.25, -0.2) is 0 Å². The summed E-state index contributed by atoms with van der Waals surface area (Å²) in [6, 6.07) is 0. The van der Waals surface area contributed by atoms with Gasteiger partial charge in [0.2, 0.25) is 0 Å². The molecule has 2 heterocycles. The van der Waals surface area contributed by atoms with Gasteiger partial charge in [-0.2, -0.15) is 0 Å². The van der Waals surface area contributed by atoms with Crippen LogP contribution in [0.1, 0.15) is 12.8 Å². The number of aliphatic imine (C=N–C) groups is 1. The van der Waals surface area contributed by atoms with Crippen LogP contribution >= 0.6 is 0 Å². The Morgan fingerprint density at radius 1 is 1.64 bits per heavy atom. The van der Waals surface area contributed by atoms with Crippen LogP contribution < -0.4 is 5.32 Å². The number of rotatable bonds is 0. The molecule has 2 rings (SSSR count). The molecule has 0 spiro atoms. The van der Waals surface area contributed by atoms with Crippen LogP contribution in [0.15, 0.2) is 17.3 Å². The van der Waals surface area contributed by atoms with E-state index in [0.29, 0.717) is 5.71 Å². The Balaban J connectivity index is 2.24. The van der Waals surface area contributed by atoms with Crippen molar-refractivity contribution in [2.24, 2.45) is 10.9 Å². The van der Waals surface area contributed by atoms with E-state index in [2.05, 4.69) is 10.3 Å². The SMILES string of the molecule is O=C1NCCCC2C=CN=C12. The Hall–Kier alpha value is -1.12. The molecule has 1 N–H and O–H groups in total. The minimum absolute atomic E-state index is 0.0116. The number of allylic oxidation sites excluding steroid dienone is 1. The molecule has 0 aromatic rings. The van der Waals surface area contributed by atoms with Crippen molar-refractivity contribution < 1.29 is 4.79 Å². The standard InChI is InChI=1S/C8H10N2O/c11-8-7-6(3-5-9-7)2-1-4-10-8/h3,5-6H,1-2,4H2,(H,10,11). The summed E-state index contributed by atoms with van der Waals surface area (Å²) < 4.78 is 0. The summed E-state index contributed by atoms with van der Waals surface area (Å²) in [5.74, 6) is 0.301. The highest BCUT2D eigenvalue weighted by Crippen LogP contribution is 2.18. The van der Waals surface area contributed by atoms with Gasteiger partial charge in [0.25, 0.3) is 5.91 Å². The average molecular weight is 150 g/mol. The zero-order valence-corrected chi connectivity index (χ0v) is 6.21. The van der Waals surface area contributed by atoms with Crippen molar-refractivity contribution in [1.29, 1.82) is 0 Å². The van der Waals surface area contributed by atoms with Crippen LogP contribution in [0, 0.1) is 5.92 Å². The van der Waals surface area contributed by atoms with Gasteiger partial charge in [0.15, 0.2) is 0 Å². The van der Waals surface area contributed by atoms with E-state index in [-0.39, 0.29) is 11.8 Å². The van der Waals surface area contributed by atoms with E-state index in [1.54, 1.807) is 6.20 Å². The van der Waals surface area contributed by atoms with Crippen molar-refractivity contribution in [2.45, 2.75) is 12.8 Å². The lowest BCUT2D eigenvalue weighted by atomic mass is 10.0. The van der Waals surface area contributed by atoms with Gasteiger partial charge in [-0.3, -0.25) is 9.79 Å². The van der Waals surface area contributed by atoms with Crippen LogP contribution in [0.4, 0.5) is 0 Å². The molecule has 1 saturated heterocycles. The van der Waals surface area contributed by atoms with Crippen LogP contribution in [0.25, 0.3) is 0 Å². The van der Waals surface area contributed by atoms with E-state index in [1.807, 2.05) is 6.08 Å². The summed E-state index contributed by atoms with van der Waals surface area (Å²) in [7, 11) is 0. The molecule has 1 unspecified atom stereocenters. The van der Waals surface area contributed by atoms with Gasteiger partial charge in [-0.15, -0.1) is 0 Å². The molecule has 58 valence electrons. The molecule has 0 bridgehead atoms. The van der Waals surface area contributed by atoms with E-state index in [9.17, 15) is 4.79 Å². The van der Waals surface area contributed by atoms with Crippen molar-refractivity contribution in [1.82, 2.24) is 5.32 Å². The molecule has 1 amide bonds. The lowest BCUT2D eigenvalue weighted by molar-refractivity contribution is -0.114. The predicted octanol–water partition coefficient (Wildman–Crippen LogP) is 0.481. The highest BCUT2D eigenvalue weighted by Gasteiger charge is 2.25. The van der Waals surface area contributed by atoms with E-state index < -0.39 is 0 Å². The fourth-order valence-corrected chi connectivity index (χ4v) is 1.49. The van der Waals surface area contributed by atoms with Gasteiger partial charge in [0, 0.05) is 18.7 Å². The summed E-state index contributed by atoms with van der Waals surface area (Å²) in [5, 5.41) is 2.81. The molecular formula is C8H10N2O. The van der Waals surface area contributed by atoms with Gasteiger partial charge < -0.3 is 5.32 Å². The Morgan fingerprint density at radius 3 is 3.45 bits per heavy atom. The van der Waals surface area contributed by atoms with Crippen LogP contribution in [-0.2, 0) is 4.79 Å². The quantitative estimate of drug-likeness (QED) is 0.536. The topological polar surface area (TPSA) is 41.5 Å². The summed E-state index contributed by atoms with van der Waals surface area (Å²) >= 11 is 0. The number of hydrogen-bond donors (Lipinski definition) is 1. The predicted molar refractivity (Wildman–Crippen MR) is 42.3 cm³/mol. The second-order valence-electron chi connectivity index (χ2n) is 2.86. The molecule has 3 heteroatoms. The molecule has 0 saturated carbocycles. The van der Waals surface area contributed by atoms with E-state index in [0.717, 1.165) is 19.4 Å². The third-order valence-corrected chi connectivity index (χ3v) is 2.09. The fraction of sp³-hybridized carbons (Fsp3) is 0.500. The van der Waals surface area contributed by atoms with Gasteiger partial charge in [0.05, 0.1) is 0 Å². The first-order valence-electron chi connectivity index (χ1n) is 3.90. The van der Waals surface area contributed by atoms with E-state index >= 15 is 0 Å². The zero-order valence-electron chi connectivity index (χ0n) is 6.21. The van der Waals surface area contributed by atoms with Gasteiger partial charge in [-0.05, 0) is 12.8 Å². The second kappa shape index (κ2) is 2.49. The van der Waals surface area contributed by atoms with Gasteiger partial charge in [0.1, 0.15) is 5.71 Å². The third-order valence-electron chi connectivity index (χ3n) is 2.09. The van der Waals surface area contributed by atoms with Crippen molar-refractivity contribution in [3.05, 3.63) is 12.3 Å².